The van der Waals surface area contributed by atoms with Gasteiger partial charge < -0.3 is 5.43 Å². The summed E-state index contributed by atoms with van der Waals surface area (Å²) >= 11 is 0. The van der Waals surface area contributed by atoms with E-state index in [1.54, 1.807) is 4.52 Å². The van der Waals surface area contributed by atoms with Crippen LogP contribution in [0.4, 0.5) is 5.82 Å². The Bertz CT molecular complexity index is 539. The predicted molar refractivity (Wildman–Crippen MR) is 66.7 cm³/mol. The summed E-state index contributed by atoms with van der Waals surface area (Å²) in [7, 11) is 0. The largest absolute Gasteiger partial charge is 0.308 e. The average molecular weight is 231 g/mol. The van der Waals surface area contributed by atoms with Gasteiger partial charge in [0.05, 0.1) is 5.69 Å². The lowest BCUT2D eigenvalue weighted by Crippen LogP contribution is -2.12. The molecule has 0 bridgehead atoms. The molecule has 1 fully saturated rings. The minimum atomic E-state index is 0.600. The third-order valence-corrected chi connectivity index (χ3v) is 3.50. The molecule has 1 aliphatic rings. The van der Waals surface area contributed by atoms with Gasteiger partial charge in [0.1, 0.15) is 5.82 Å². The number of hydrogen-bond acceptors (Lipinski definition) is 4. The second-order valence-electron chi connectivity index (χ2n) is 4.75. The lowest BCUT2D eigenvalue weighted by Gasteiger charge is -2.04. The van der Waals surface area contributed by atoms with Crippen LogP contribution in [0.15, 0.2) is 12.1 Å². The molecule has 5 nitrogen and oxygen atoms in total. The molecule has 3 N–H and O–H groups in total. The van der Waals surface area contributed by atoms with E-state index in [0.717, 1.165) is 22.9 Å². The van der Waals surface area contributed by atoms with Gasteiger partial charge in [0, 0.05) is 23.7 Å². The van der Waals surface area contributed by atoms with Gasteiger partial charge in [-0.05, 0) is 19.8 Å². The van der Waals surface area contributed by atoms with Crippen molar-refractivity contribution in [1.29, 1.82) is 0 Å². The van der Waals surface area contributed by atoms with E-state index in [9.17, 15) is 0 Å². The molecule has 0 radical (unpaired) electrons. The highest BCUT2D eigenvalue weighted by atomic mass is 15.4. The smallest absolute Gasteiger partial charge is 0.157 e. The molecule has 17 heavy (non-hydrogen) atoms. The van der Waals surface area contributed by atoms with Crippen molar-refractivity contribution in [3.05, 3.63) is 23.5 Å². The van der Waals surface area contributed by atoms with Gasteiger partial charge in [-0.25, -0.2) is 10.8 Å². The molecule has 0 amide bonds. The molecule has 0 spiro atoms. The fourth-order valence-corrected chi connectivity index (χ4v) is 2.64. The van der Waals surface area contributed by atoms with E-state index in [1.165, 1.54) is 25.7 Å². The van der Waals surface area contributed by atoms with Crippen LogP contribution in [0.5, 0.6) is 0 Å². The first-order chi connectivity index (χ1) is 8.28. The normalized spacial score (nSPS) is 16.8. The Morgan fingerprint density at radius 3 is 2.82 bits per heavy atom. The number of nitrogen functional groups attached to an aromatic ring is 1. The second-order valence-corrected chi connectivity index (χ2v) is 4.75. The van der Waals surface area contributed by atoms with Crippen molar-refractivity contribution in [2.24, 2.45) is 5.84 Å². The standard InChI is InChI=1S/C12H17N5/c1-8-6-12(15-13)17-11(14-8)7-10(16-17)9-4-2-3-5-9/h6-7,9,15H,2-5,13H2,1H3. The number of fused-ring (bicyclic) bond motifs is 1. The van der Waals surface area contributed by atoms with Crippen LogP contribution in [0.25, 0.3) is 5.65 Å². The summed E-state index contributed by atoms with van der Waals surface area (Å²) < 4.78 is 1.79. The topological polar surface area (TPSA) is 68.2 Å². The molecule has 0 saturated heterocycles. The van der Waals surface area contributed by atoms with Crippen molar-refractivity contribution in [3.8, 4) is 0 Å². The number of anilines is 1. The molecular weight excluding hydrogens is 214 g/mol. The average Bonchev–Trinajstić information content (AvgIpc) is 2.95. The Labute approximate surface area is 100 Å². The minimum absolute atomic E-state index is 0.600. The molecule has 2 aromatic heterocycles. The van der Waals surface area contributed by atoms with Gasteiger partial charge in [0.15, 0.2) is 5.65 Å². The van der Waals surface area contributed by atoms with E-state index in [1.807, 2.05) is 13.0 Å². The lowest BCUT2D eigenvalue weighted by atomic mass is 10.1. The molecule has 0 aliphatic heterocycles. The number of nitrogens with two attached hydrogens (primary N) is 1. The number of rotatable bonds is 2. The molecule has 90 valence electrons. The van der Waals surface area contributed by atoms with Gasteiger partial charge in [0.2, 0.25) is 0 Å². The minimum Gasteiger partial charge on any atom is -0.308 e. The molecule has 1 aliphatic carbocycles. The van der Waals surface area contributed by atoms with Crippen LogP contribution in [0.1, 0.15) is 43.0 Å². The lowest BCUT2D eigenvalue weighted by molar-refractivity contribution is 0.685. The van der Waals surface area contributed by atoms with E-state index in [2.05, 4.69) is 21.6 Å². The fraction of sp³-hybridized carbons (Fsp3) is 0.500. The van der Waals surface area contributed by atoms with Gasteiger partial charge in [-0.2, -0.15) is 9.61 Å². The number of hydrogen-bond donors (Lipinski definition) is 2. The van der Waals surface area contributed by atoms with Crippen LogP contribution < -0.4 is 11.3 Å². The summed E-state index contributed by atoms with van der Waals surface area (Å²) in [5, 5.41) is 4.62. The summed E-state index contributed by atoms with van der Waals surface area (Å²) in [4.78, 5) is 4.48. The van der Waals surface area contributed by atoms with Gasteiger partial charge in [-0.3, -0.25) is 0 Å². The molecule has 2 heterocycles. The summed E-state index contributed by atoms with van der Waals surface area (Å²) in [5.41, 5.74) is 5.65. The van der Waals surface area contributed by atoms with Gasteiger partial charge in [-0.15, -0.1) is 0 Å². The number of nitrogens with one attached hydrogen (secondary N) is 1. The highest BCUT2D eigenvalue weighted by molar-refractivity contribution is 5.50. The van der Waals surface area contributed by atoms with Crippen LogP contribution in [-0.4, -0.2) is 14.6 Å². The third-order valence-electron chi connectivity index (χ3n) is 3.50. The first kappa shape index (κ1) is 10.5. The Hall–Kier alpha value is -1.62. The van der Waals surface area contributed by atoms with Gasteiger partial charge in [-0.1, -0.05) is 12.8 Å². The monoisotopic (exact) mass is 231 g/mol. The maximum absolute atomic E-state index is 5.51. The van der Waals surface area contributed by atoms with Crippen molar-refractivity contribution >= 4 is 11.5 Å². The molecular formula is C12H17N5. The van der Waals surface area contributed by atoms with Crippen molar-refractivity contribution in [3.63, 3.8) is 0 Å². The molecule has 0 atom stereocenters. The Morgan fingerprint density at radius 2 is 2.12 bits per heavy atom. The number of aromatic nitrogens is 3. The molecule has 3 rings (SSSR count). The number of hydrazine groups is 1. The summed E-state index contributed by atoms with van der Waals surface area (Å²) in [5.74, 6) is 6.90. The van der Waals surface area contributed by atoms with Crippen molar-refractivity contribution < 1.29 is 0 Å². The Kier molecular flexibility index (Phi) is 2.48. The zero-order valence-corrected chi connectivity index (χ0v) is 9.98. The maximum atomic E-state index is 5.51. The molecule has 0 unspecified atom stereocenters. The molecule has 0 aromatic carbocycles. The first-order valence-electron chi connectivity index (χ1n) is 6.12. The summed E-state index contributed by atoms with van der Waals surface area (Å²) in [6, 6.07) is 3.99. The fourth-order valence-electron chi connectivity index (χ4n) is 2.64. The van der Waals surface area contributed by atoms with E-state index < -0.39 is 0 Å². The third kappa shape index (κ3) is 1.76. The number of nitrogens with zero attached hydrogens (tertiary/aromatic N) is 3. The van der Waals surface area contributed by atoms with Crippen molar-refractivity contribution in [2.45, 2.75) is 38.5 Å². The Morgan fingerprint density at radius 1 is 1.35 bits per heavy atom. The van der Waals surface area contributed by atoms with E-state index in [4.69, 9.17) is 5.84 Å². The van der Waals surface area contributed by atoms with Gasteiger partial charge >= 0.3 is 0 Å². The van der Waals surface area contributed by atoms with Crippen LogP contribution in [0, 0.1) is 6.92 Å². The highest BCUT2D eigenvalue weighted by Crippen LogP contribution is 2.33. The van der Waals surface area contributed by atoms with Crippen LogP contribution in [-0.2, 0) is 0 Å². The molecule has 2 aromatic rings. The van der Waals surface area contributed by atoms with Crippen molar-refractivity contribution in [2.75, 3.05) is 5.43 Å². The zero-order valence-electron chi connectivity index (χ0n) is 9.98. The van der Waals surface area contributed by atoms with E-state index in [-0.39, 0.29) is 0 Å². The number of aryl methyl sites for hydroxylation is 1. The summed E-state index contributed by atoms with van der Waals surface area (Å²) in [6.45, 7) is 1.96. The van der Waals surface area contributed by atoms with Crippen LogP contribution in [0.3, 0.4) is 0 Å². The Balaban J connectivity index is 2.11. The quantitative estimate of drug-likeness (QED) is 0.612. The van der Waals surface area contributed by atoms with Crippen LogP contribution in [0.2, 0.25) is 0 Å². The second kappa shape index (κ2) is 4.00. The first-order valence-corrected chi connectivity index (χ1v) is 6.12. The van der Waals surface area contributed by atoms with E-state index >= 15 is 0 Å². The maximum Gasteiger partial charge on any atom is 0.157 e. The SMILES string of the molecule is Cc1cc(NN)n2nc(C3CCCC3)cc2n1. The van der Waals surface area contributed by atoms with Gasteiger partial charge in [0.25, 0.3) is 0 Å². The zero-order chi connectivity index (χ0) is 11.8. The predicted octanol–water partition coefficient (Wildman–Crippen LogP) is 1.98. The molecule has 5 heteroatoms. The van der Waals surface area contributed by atoms with E-state index in [0.29, 0.717) is 5.92 Å². The van der Waals surface area contributed by atoms with Crippen LogP contribution >= 0.6 is 0 Å². The highest BCUT2D eigenvalue weighted by Gasteiger charge is 2.20. The molecule has 1 saturated carbocycles. The summed E-state index contributed by atoms with van der Waals surface area (Å²) in [6.07, 6.45) is 5.11. The van der Waals surface area contributed by atoms with Crippen molar-refractivity contribution in [1.82, 2.24) is 14.6 Å².